The zero-order chi connectivity index (χ0) is 55.5. The fourth-order valence-electron chi connectivity index (χ4n) is 8.22. The van der Waals surface area contributed by atoms with Crippen LogP contribution < -0.4 is 0 Å². The number of carbonyl (C=O) groups excluding carboxylic acids is 4. The van der Waals surface area contributed by atoms with E-state index in [0.717, 1.165) is 89.9 Å². The molecule has 0 aliphatic heterocycles. The molecule has 0 bridgehead atoms. The quantitative estimate of drug-likeness (QED) is 0.0222. The largest absolute Gasteiger partial charge is 0.472 e. The number of aliphatic hydroxyl groups excluding tert-OH is 1. The summed E-state index contributed by atoms with van der Waals surface area (Å²) in [5.74, 6) is -2.16. The maximum Gasteiger partial charge on any atom is 0.472 e. The molecule has 5 atom stereocenters. The molecule has 0 amide bonds. The van der Waals surface area contributed by atoms with Crippen LogP contribution in [0.25, 0.3) is 0 Å². The average Bonchev–Trinajstić information content (AvgIpc) is 3.38. The maximum absolute atomic E-state index is 12.9. The van der Waals surface area contributed by atoms with E-state index in [-0.39, 0.29) is 25.7 Å². The van der Waals surface area contributed by atoms with Crippen LogP contribution in [0.4, 0.5) is 0 Å². The van der Waals surface area contributed by atoms with Gasteiger partial charge in [0.15, 0.2) is 12.2 Å². The summed E-state index contributed by atoms with van der Waals surface area (Å²) in [6.07, 6.45) is 33.8. The second-order valence-electron chi connectivity index (χ2n) is 20.3. The molecule has 0 spiro atoms. The summed E-state index contributed by atoms with van der Waals surface area (Å²) in [5, 5.41) is 10.5. The summed E-state index contributed by atoms with van der Waals surface area (Å²) in [4.78, 5) is 71.5. The van der Waals surface area contributed by atoms with Gasteiger partial charge in [0.2, 0.25) is 0 Å². The fourth-order valence-corrected chi connectivity index (χ4v) is 9.80. The summed E-state index contributed by atoms with van der Waals surface area (Å²) < 4.78 is 67.4. The van der Waals surface area contributed by atoms with Gasteiger partial charge in [-0.3, -0.25) is 37.3 Å². The van der Waals surface area contributed by atoms with E-state index in [2.05, 4.69) is 27.7 Å². The van der Waals surface area contributed by atoms with Gasteiger partial charge in [0, 0.05) is 25.7 Å². The van der Waals surface area contributed by atoms with Gasteiger partial charge in [-0.05, 0) is 25.7 Å². The monoisotopic (exact) mass is 1110 g/mol. The second kappa shape index (κ2) is 51.5. The molecule has 2 unspecified atom stereocenters. The number of aliphatic hydroxyl groups is 1. The van der Waals surface area contributed by atoms with Crippen LogP contribution in [0.2, 0.25) is 0 Å². The Morgan fingerprint density at radius 1 is 0.320 bits per heavy atom. The van der Waals surface area contributed by atoms with Crippen molar-refractivity contribution in [1.82, 2.24) is 0 Å². The summed E-state index contributed by atoms with van der Waals surface area (Å²) in [6.45, 7) is 4.71. The Morgan fingerprint density at radius 3 is 0.787 bits per heavy atom. The fraction of sp³-hybridized carbons (Fsp3) is 0.929. The number of carbonyl (C=O) groups is 4. The van der Waals surface area contributed by atoms with E-state index in [1.54, 1.807) is 0 Å². The van der Waals surface area contributed by atoms with Crippen LogP contribution in [0.5, 0.6) is 0 Å². The van der Waals surface area contributed by atoms with Crippen molar-refractivity contribution in [3.05, 3.63) is 0 Å². The van der Waals surface area contributed by atoms with Gasteiger partial charge in [0.1, 0.15) is 19.3 Å². The van der Waals surface area contributed by atoms with E-state index in [1.165, 1.54) is 109 Å². The zero-order valence-corrected chi connectivity index (χ0v) is 49.3. The minimum atomic E-state index is -4.93. The molecular formula is C56H108O17P2. The first-order chi connectivity index (χ1) is 36.2. The molecule has 0 aromatic carbocycles. The summed E-state index contributed by atoms with van der Waals surface area (Å²) in [6, 6.07) is 0. The van der Waals surface area contributed by atoms with Crippen LogP contribution in [-0.2, 0) is 65.4 Å². The van der Waals surface area contributed by atoms with E-state index in [9.17, 15) is 43.2 Å². The molecule has 0 rings (SSSR count). The predicted molar refractivity (Wildman–Crippen MR) is 294 cm³/mol. The minimum absolute atomic E-state index is 0.0999. The van der Waals surface area contributed by atoms with Crippen molar-refractivity contribution in [2.45, 2.75) is 296 Å². The number of unbranched alkanes of at least 4 members (excludes halogenated alkanes) is 31. The third-order valence-electron chi connectivity index (χ3n) is 12.9. The molecule has 0 heterocycles. The number of phosphoric ester groups is 2. The van der Waals surface area contributed by atoms with Crippen molar-refractivity contribution in [2.75, 3.05) is 39.6 Å². The summed E-state index contributed by atoms with van der Waals surface area (Å²) >= 11 is 0. The Hall–Kier alpha value is -1.94. The van der Waals surface area contributed by atoms with E-state index < -0.39 is 97.5 Å². The molecule has 444 valence electrons. The highest BCUT2D eigenvalue weighted by Crippen LogP contribution is 2.45. The van der Waals surface area contributed by atoms with Crippen molar-refractivity contribution in [3.8, 4) is 0 Å². The number of hydrogen-bond donors (Lipinski definition) is 3. The minimum Gasteiger partial charge on any atom is -0.462 e. The first kappa shape index (κ1) is 73.1. The molecule has 0 saturated heterocycles. The van der Waals surface area contributed by atoms with Crippen molar-refractivity contribution in [2.24, 2.45) is 0 Å². The first-order valence-corrected chi connectivity index (χ1v) is 32.8. The van der Waals surface area contributed by atoms with Crippen LogP contribution in [0.1, 0.15) is 278 Å². The normalized spacial score (nSPS) is 14.4. The van der Waals surface area contributed by atoms with E-state index in [1.807, 2.05) is 0 Å². The molecule has 3 N–H and O–H groups in total. The lowest BCUT2D eigenvalue weighted by atomic mass is 10.1. The number of phosphoric acid groups is 2. The molecular weight excluding hydrogens is 1010 g/mol. The Kier molecular flexibility index (Phi) is 50.2. The average molecular weight is 1120 g/mol. The van der Waals surface area contributed by atoms with Crippen LogP contribution >= 0.6 is 15.6 Å². The van der Waals surface area contributed by atoms with Crippen LogP contribution in [-0.4, -0.2) is 96.7 Å². The summed E-state index contributed by atoms with van der Waals surface area (Å²) in [7, 11) is -9.85. The molecule has 17 nitrogen and oxygen atoms in total. The van der Waals surface area contributed by atoms with E-state index in [4.69, 9.17) is 37.0 Å². The van der Waals surface area contributed by atoms with E-state index in [0.29, 0.717) is 25.7 Å². The second-order valence-corrected chi connectivity index (χ2v) is 23.2. The number of ether oxygens (including phenoxy) is 4. The third kappa shape index (κ3) is 51.3. The van der Waals surface area contributed by atoms with Gasteiger partial charge in [-0.1, -0.05) is 227 Å². The number of esters is 4. The Balaban J connectivity index is 5.15. The van der Waals surface area contributed by atoms with Gasteiger partial charge in [-0.15, -0.1) is 0 Å². The standard InChI is InChI=1S/C56H108O17P2/c1-5-9-13-17-20-23-25-28-31-35-39-43-56(61)73-52(47-67-54(59)41-37-34-30-27-24-21-18-14-10-6-2)49-71-75(64,65)69-45-50(57)44-68-74(62,63)70-48-51(72-55(60)42-38-32-16-12-8-4)46-66-53(58)40-36-33-29-26-22-19-15-11-7-3/h50-52,57H,5-49H2,1-4H3,(H,62,63)(H,64,65)/t50-,51-,52-/m1/s1. The van der Waals surface area contributed by atoms with Crippen molar-refractivity contribution in [1.29, 1.82) is 0 Å². The van der Waals surface area contributed by atoms with Crippen molar-refractivity contribution < 1.29 is 80.2 Å². The Labute approximate surface area is 454 Å². The van der Waals surface area contributed by atoms with Gasteiger partial charge in [-0.2, -0.15) is 0 Å². The molecule has 0 aliphatic carbocycles. The molecule has 0 saturated carbocycles. The lowest BCUT2D eigenvalue weighted by molar-refractivity contribution is -0.161. The highest BCUT2D eigenvalue weighted by molar-refractivity contribution is 7.47. The van der Waals surface area contributed by atoms with Crippen molar-refractivity contribution in [3.63, 3.8) is 0 Å². The SMILES string of the molecule is CCCCCCCCCCCCCC(=O)O[C@H](COC(=O)CCCCCCCCCCCC)COP(=O)(O)OC[C@H](O)COP(=O)(O)OC[C@@H](COC(=O)CCCCCCCCCCC)OC(=O)CCCCCCC. The molecule has 0 radical (unpaired) electrons. The number of hydrogen-bond acceptors (Lipinski definition) is 15. The van der Waals surface area contributed by atoms with Gasteiger partial charge in [0.25, 0.3) is 0 Å². The third-order valence-corrected chi connectivity index (χ3v) is 14.8. The zero-order valence-electron chi connectivity index (χ0n) is 47.5. The Bertz CT molecular complexity index is 1470. The highest BCUT2D eigenvalue weighted by Gasteiger charge is 2.30. The first-order valence-electron chi connectivity index (χ1n) is 29.8. The lowest BCUT2D eigenvalue weighted by Gasteiger charge is -2.21. The predicted octanol–water partition coefficient (Wildman–Crippen LogP) is 14.8. The Morgan fingerprint density at radius 2 is 0.533 bits per heavy atom. The maximum atomic E-state index is 12.9. The van der Waals surface area contributed by atoms with Gasteiger partial charge in [0.05, 0.1) is 26.4 Å². The molecule has 75 heavy (non-hydrogen) atoms. The molecule has 0 fully saturated rings. The molecule has 0 aliphatic rings. The van der Waals surface area contributed by atoms with Crippen LogP contribution in [0.15, 0.2) is 0 Å². The van der Waals surface area contributed by atoms with Crippen LogP contribution in [0, 0.1) is 0 Å². The molecule has 0 aromatic heterocycles. The highest BCUT2D eigenvalue weighted by atomic mass is 31.2. The topological polar surface area (TPSA) is 237 Å². The summed E-state index contributed by atoms with van der Waals surface area (Å²) in [5.41, 5.74) is 0. The van der Waals surface area contributed by atoms with Crippen molar-refractivity contribution >= 4 is 39.5 Å². The lowest BCUT2D eigenvalue weighted by Crippen LogP contribution is -2.30. The smallest absolute Gasteiger partial charge is 0.462 e. The number of rotatable bonds is 57. The van der Waals surface area contributed by atoms with Gasteiger partial charge < -0.3 is 33.8 Å². The van der Waals surface area contributed by atoms with Gasteiger partial charge in [-0.25, -0.2) is 9.13 Å². The molecule has 0 aromatic rings. The molecule has 19 heteroatoms. The van der Waals surface area contributed by atoms with Gasteiger partial charge >= 0.3 is 39.5 Å². The van der Waals surface area contributed by atoms with E-state index >= 15 is 0 Å². The van der Waals surface area contributed by atoms with Crippen LogP contribution in [0.3, 0.4) is 0 Å².